The van der Waals surface area contributed by atoms with E-state index in [1.54, 1.807) is 66.6 Å². The molecule has 35 heavy (non-hydrogen) atoms. The van der Waals surface area contributed by atoms with Crippen molar-refractivity contribution in [1.29, 1.82) is 0 Å². The summed E-state index contributed by atoms with van der Waals surface area (Å²) in [7, 11) is 0. The number of aromatic nitrogens is 3. The highest BCUT2D eigenvalue weighted by Gasteiger charge is 2.18. The normalized spacial score (nSPS) is 11.4. The molecule has 0 unspecified atom stereocenters. The monoisotopic (exact) mass is 474 g/mol. The second-order valence-electron chi connectivity index (χ2n) is 9.19. The lowest BCUT2D eigenvalue weighted by Gasteiger charge is -2.19. The number of nitrogens with one attached hydrogen (secondary N) is 1. The van der Waals surface area contributed by atoms with Crippen molar-refractivity contribution in [1.82, 2.24) is 14.1 Å². The van der Waals surface area contributed by atoms with E-state index in [0.717, 1.165) is 18.6 Å². The van der Waals surface area contributed by atoms with Gasteiger partial charge in [0.25, 0.3) is 0 Å². The molecule has 0 saturated heterocycles. The molecule has 0 fully saturated rings. The third-order valence-electron chi connectivity index (χ3n) is 5.25. The smallest absolute Gasteiger partial charge is 0.412 e. The van der Waals surface area contributed by atoms with Gasteiger partial charge in [-0.05, 0) is 75.7 Å². The number of imidazole rings is 1. The molecule has 0 atom stereocenters. The summed E-state index contributed by atoms with van der Waals surface area (Å²) < 4.78 is 14.3. The van der Waals surface area contributed by atoms with Crippen LogP contribution in [0.4, 0.5) is 10.5 Å². The van der Waals surface area contributed by atoms with E-state index in [-0.39, 0.29) is 5.69 Å². The Balaban J connectivity index is 1.71. The van der Waals surface area contributed by atoms with Crippen molar-refractivity contribution < 1.29 is 14.3 Å². The number of nitrogens with zero attached hydrogens (tertiary/aromatic N) is 3. The second-order valence-corrected chi connectivity index (χ2v) is 9.19. The van der Waals surface area contributed by atoms with Gasteiger partial charge in [-0.15, -0.1) is 0 Å². The summed E-state index contributed by atoms with van der Waals surface area (Å²) in [6.07, 6.45) is 4.81. The minimum Gasteiger partial charge on any atom is -0.494 e. The van der Waals surface area contributed by atoms with E-state index in [4.69, 9.17) is 9.47 Å². The summed E-state index contributed by atoms with van der Waals surface area (Å²) in [6, 6.07) is 16.3. The quantitative estimate of drug-likeness (QED) is 0.347. The van der Waals surface area contributed by atoms with Gasteiger partial charge < -0.3 is 9.47 Å². The first-order valence-electron chi connectivity index (χ1n) is 11.7. The molecule has 8 nitrogen and oxygen atoms in total. The molecule has 0 radical (unpaired) electrons. The van der Waals surface area contributed by atoms with Crippen LogP contribution in [0.3, 0.4) is 0 Å². The fourth-order valence-electron chi connectivity index (χ4n) is 3.72. The van der Waals surface area contributed by atoms with E-state index in [9.17, 15) is 9.59 Å². The van der Waals surface area contributed by atoms with E-state index in [0.29, 0.717) is 34.7 Å². The van der Waals surface area contributed by atoms with Crippen LogP contribution in [0.2, 0.25) is 0 Å². The van der Waals surface area contributed by atoms with Crippen LogP contribution in [-0.4, -0.2) is 32.4 Å². The average molecular weight is 475 g/mol. The zero-order chi connectivity index (χ0) is 25.0. The van der Waals surface area contributed by atoms with Gasteiger partial charge in [0.05, 0.1) is 35.2 Å². The zero-order valence-electron chi connectivity index (χ0n) is 20.4. The topological polar surface area (TPSA) is 87.4 Å². The number of unbranched alkanes of at least 4 members (excludes halogenated alkanes) is 1. The summed E-state index contributed by atoms with van der Waals surface area (Å²) >= 11 is 0. The number of carbonyl (C=O) groups is 1. The van der Waals surface area contributed by atoms with Gasteiger partial charge in [0.2, 0.25) is 0 Å². The van der Waals surface area contributed by atoms with Gasteiger partial charge in [-0.3, -0.25) is 19.4 Å². The second kappa shape index (κ2) is 10.0. The molecule has 0 bridgehead atoms. The summed E-state index contributed by atoms with van der Waals surface area (Å²) in [6.45, 7) is 8.18. The van der Waals surface area contributed by atoms with Crippen molar-refractivity contribution >= 4 is 22.8 Å². The highest BCUT2D eigenvalue weighted by molar-refractivity contribution is 5.86. The number of anilines is 1. The SMILES string of the molecule is CCCCOc1ccc(-n2c(=O)n(-c3cccc(NC(=O)OC(C)(C)C)c3)c3ccncc32)cc1. The Bertz CT molecular complexity index is 1380. The fraction of sp³-hybridized carbons (Fsp3) is 0.296. The number of ether oxygens (including phenoxy) is 2. The summed E-state index contributed by atoms with van der Waals surface area (Å²) in [5, 5.41) is 2.73. The first-order valence-corrected chi connectivity index (χ1v) is 11.7. The van der Waals surface area contributed by atoms with Crippen LogP contribution < -0.4 is 15.7 Å². The van der Waals surface area contributed by atoms with Crippen LogP contribution in [-0.2, 0) is 4.74 Å². The lowest BCUT2D eigenvalue weighted by Crippen LogP contribution is -2.27. The first-order chi connectivity index (χ1) is 16.8. The van der Waals surface area contributed by atoms with Crippen molar-refractivity contribution in [3.05, 3.63) is 77.5 Å². The lowest BCUT2D eigenvalue weighted by molar-refractivity contribution is 0.0636. The molecular formula is C27H30N4O4. The number of hydrogen-bond donors (Lipinski definition) is 1. The molecule has 2 aromatic carbocycles. The van der Waals surface area contributed by atoms with Crippen LogP contribution in [0.1, 0.15) is 40.5 Å². The number of amides is 1. The van der Waals surface area contributed by atoms with E-state index < -0.39 is 11.7 Å². The number of fused-ring (bicyclic) bond motifs is 1. The van der Waals surface area contributed by atoms with E-state index in [2.05, 4.69) is 17.2 Å². The molecule has 0 saturated carbocycles. The van der Waals surface area contributed by atoms with Gasteiger partial charge in [0, 0.05) is 11.9 Å². The maximum absolute atomic E-state index is 13.7. The van der Waals surface area contributed by atoms with Crippen molar-refractivity contribution in [3.8, 4) is 17.1 Å². The van der Waals surface area contributed by atoms with Gasteiger partial charge >= 0.3 is 11.8 Å². The number of rotatable bonds is 7. The average Bonchev–Trinajstić information content (AvgIpc) is 3.10. The molecule has 2 aromatic heterocycles. The molecule has 0 aliphatic rings. The van der Waals surface area contributed by atoms with Crippen molar-refractivity contribution in [2.75, 3.05) is 11.9 Å². The van der Waals surface area contributed by atoms with E-state index >= 15 is 0 Å². The molecule has 0 spiro atoms. The Morgan fingerprint density at radius 3 is 2.46 bits per heavy atom. The van der Waals surface area contributed by atoms with Gasteiger partial charge in [-0.2, -0.15) is 0 Å². The molecule has 0 aliphatic carbocycles. The third kappa shape index (κ3) is 5.54. The molecule has 1 N–H and O–H groups in total. The standard InChI is InChI=1S/C27H30N4O4/c1-5-6-16-34-22-12-10-20(11-13-22)30-24-18-28-15-14-23(24)31(26(30)33)21-9-7-8-19(17-21)29-25(32)35-27(2,3)4/h7-15,17-18H,5-6,16H2,1-4H3,(H,29,32). The predicted molar refractivity (Wildman–Crippen MR) is 137 cm³/mol. The Morgan fingerprint density at radius 2 is 1.74 bits per heavy atom. The van der Waals surface area contributed by atoms with E-state index in [1.807, 2.05) is 30.3 Å². The number of hydrogen-bond acceptors (Lipinski definition) is 5. The van der Waals surface area contributed by atoms with Gasteiger partial charge in [-0.1, -0.05) is 19.4 Å². The molecular weight excluding hydrogens is 444 g/mol. The molecule has 2 heterocycles. The minimum absolute atomic E-state index is 0.248. The lowest BCUT2D eigenvalue weighted by atomic mass is 10.2. The van der Waals surface area contributed by atoms with Crippen molar-refractivity contribution in [2.24, 2.45) is 0 Å². The molecule has 4 rings (SSSR count). The Labute approximate surface area is 204 Å². The third-order valence-corrected chi connectivity index (χ3v) is 5.25. The van der Waals surface area contributed by atoms with Gasteiger partial charge in [0.15, 0.2) is 0 Å². The maximum Gasteiger partial charge on any atom is 0.412 e. The molecule has 0 aliphatic heterocycles. The van der Waals surface area contributed by atoms with Crippen LogP contribution in [0.25, 0.3) is 22.4 Å². The van der Waals surface area contributed by atoms with Crippen molar-refractivity contribution in [3.63, 3.8) is 0 Å². The number of benzene rings is 2. The number of pyridine rings is 1. The molecule has 4 aromatic rings. The number of carbonyl (C=O) groups excluding carboxylic acids is 1. The summed E-state index contributed by atoms with van der Waals surface area (Å²) in [5.41, 5.74) is 2.34. The highest BCUT2D eigenvalue weighted by Crippen LogP contribution is 2.23. The zero-order valence-corrected chi connectivity index (χ0v) is 20.4. The largest absolute Gasteiger partial charge is 0.494 e. The fourth-order valence-corrected chi connectivity index (χ4v) is 3.72. The van der Waals surface area contributed by atoms with Gasteiger partial charge in [-0.25, -0.2) is 9.59 Å². The van der Waals surface area contributed by atoms with Crippen molar-refractivity contribution in [2.45, 2.75) is 46.1 Å². The summed E-state index contributed by atoms with van der Waals surface area (Å²) in [4.78, 5) is 30.1. The Morgan fingerprint density at radius 1 is 1.00 bits per heavy atom. The summed E-state index contributed by atoms with van der Waals surface area (Å²) in [5.74, 6) is 0.762. The first kappa shape index (κ1) is 24.1. The van der Waals surface area contributed by atoms with Crippen LogP contribution in [0.15, 0.2) is 71.8 Å². The van der Waals surface area contributed by atoms with Crippen LogP contribution in [0.5, 0.6) is 5.75 Å². The van der Waals surface area contributed by atoms with E-state index in [1.165, 1.54) is 0 Å². The highest BCUT2D eigenvalue weighted by atomic mass is 16.6. The Kier molecular flexibility index (Phi) is 6.91. The molecule has 8 heteroatoms. The van der Waals surface area contributed by atoms with Crippen LogP contribution in [0, 0.1) is 0 Å². The molecule has 182 valence electrons. The molecule has 1 amide bonds. The maximum atomic E-state index is 13.7. The van der Waals surface area contributed by atoms with Crippen LogP contribution >= 0.6 is 0 Å². The van der Waals surface area contributed by atoms with Gasteiger partial charge in [0.1, 0.15) is 11.4 Å². The minimum atomic E-state index is -0.615. The predicted octanol–water partition coefficient (Wildman–Crippen LogP) is 5.70. The Hall–Kier alpha value is -4.07.